The normalized spacial score (nSPS) is 20.2. The zero-order chi connectivity index (χ0) is 13.7. The van der Waals surface area contributed by atoms with Gasteiger partial charge in [-0.1, -0.05) is 31.4 Å². The van der Waals surface area contributed by atoms with Crippen LogP contribution < -0.4 is 16.2 Å². The van der Waals surface area contributed by atoms with Crippen LogP contribution in [0.15, 0.2) is 6.20 Å². The molecule has 2 heterocycles. The molecule has 1 aromatic rings. The Morgan fingerprint density at radius 2 is 2.32 bits per heavy atom. The van der Waals surface area contributed by atoms with E-state index < -0.39 is 0 Å². The molecule has 1 saturated heterocycles. The second-order valence-corrected chi connectivity index (χ2v) is 5.49. The lowest BCUT2D eigenvalue weighted by Crippen LogP contribution is -2.26. The molecule has 19 heavy (non-hydrogen) atoms. The minimum atomic E-state index is 0.411. The number of halogens is 1. The van der Waals surface area contributed by atoms with Gasteiger partial charge in [-0.3, -0.25) is 5.43 Å². The molecule has 1 fully saturated rings. The molecule has 1 aliphatic heterocycles. The number of hydrogen-bond donors (Lipinski definition) is 2. The maximum atomic E-state index is 6.20. The molecule has 0 bridgehead atoms. The largest absolute Gasteiger partial charge is 0.355 e. The van der Waals surface area contributed by atoms with E-state index in [-0.39, 0.29) is 0 Å². The van der Waals surface area contributed by atoms with Crippen LogP contribution in [-0.4, -0.2) is 23.1 Å². The number of aromatic nitrogens is 2. The third kappa shape index (κ3) is 3.70. The van der Waals surface area contributed by atoms with Gasteiger partial charge >= 0.3 is 0 Å². The van der Waals surface area contributed by atoms with Crippen molar-refractivity contribution in [2.24, 2.45) is 11.8 Å². The predicted octanol–water partition coefficient (Wildman–Crippen LogP) is 2.82. The van der Waals surface area contributed by atoms with Crippen molar-refractivity contribution in [3.8, 4) is 0 Å². The van der Waals surface area contributed by atoms with Gasteiger partial charge in [-0.15, -0.1) is 0 Å². The molecule has 1 aromatic heterocycles. The van der Waals surface area contributed by atoms with E-state index >= 15 is 0 Å². The molecule has 2 rings (SSSR count). The van der Waals surface area contributed by atoms with Crippen LogP contribution in [-0.2, 0) is 0 Å². The molecule has 106 valence electrons. The summed E-state index contributed by atoms with van der Waals surface area (Å²) < 4.78 is 0. The fourth-order valence-electron chi connectivity index (χ4n) is 2.72. The molecule has 0 saturated carbocycles. The first-order chi connectivity index (χ1) is 9.24. The molecule has 1 unspecified atom stereocenters. The Kier molecular flexibility index (Phi) is 5.22. The first-order valence-electron chi connectivity index (χ1n) is 6.98. The molecule has 0 radical (unpaired) electrons. The van der Waals surface area contributed by atoms with Crippen molar-refractivity contribution in [1.29, 1.82) is 0 Å². The summed E-state index contributed by atoms with van der Waals surface area (Å²) in [6.07, 6.45) is 7.89. The average Bonchev–Trinajstić information content (AvgIpc) is 2.65. The summed E-state index contributed by atoms with van der Waals surface area (Å²) in [4.78, 5) is 10.6. The van der Waals surface area contributed by atoms with Crippen molar-refractivity contribution in [2.45, 2.75) is 39.0 Å². The maximum absolute atomic E-state index is 6.20. The zero-order valence-electron chi connectivity index (χ0n) is 11.4. The molecule has 5 nitrogen and oxygen atoms in total. The van der Waals surface area contributed by atoms with Crippen molar-refractivity contribution in [3.63, 3.8) is 0 Å². The summed E-state index contributed by atoms with van der Waals surface area (Å²) in [5, 5.41) is 0.591. The molecule has 6 heteroatoms. The van der Waals surface area contributed by atoms with Crippen LogP contribution in [0.5, 0.6) is 0 Å². The van der Waals surface area contributed by atoms with Gasteiger partial charge < -0.3 is 4.90 Å². The number of rotatable bonds is 4. The Bertz CT molecular complexity index is 412. The van der Waals surface area contributed by atoms with Crippen LogP contribution in [0.3, 0.4) is 0 Å². The lowest BCUT2D eigenvalue weighted by atomic mass is 9.96. The second-order valence-electron chi connectivity index (χ2n) is 5.08. The highest BCUT2D eigenvalue weighted by molar-refractivity contribution is 6.32. The van der Waals surface area contributed by atoms with E-state index in [4.69, 9.17) is 17.4 Å². The highest BCUT2D eigenvalue weighted by Gasteiger charge is 2.19. The Balaban J connectivity index is 2.09. The van der Waals surface area contributed by atoms with Gasteiger partial charge in [0.25, 0.3) is 0 Å². The molecule has 0 aromatic carbocycles. The van der Waals surface area contributed by atoms with Crippen LogP contribution >= 0.6 is 11.6 Å². The lowest BCUT2D eigenvalue weighted by molar-refractivity contribution is 0.435. The molecule has 0 spiro atoms. The predicted molar refractivity (Wildman–Crippen MR) is 79.3 cm³/mol. The zero-order valence-corrected chi connectivity index (χ0v) is 12.2. The van der Waals surface area contributed by atoms with E-state index in [2.05, 4.69) is 27.2 Å². The van der Waals surface area contributed by atoms with Gasteiger partial charge in [-0.05, 0) is 25.2 Å². The van der Waals surface area contributed by atoms with Crippen LogP contribution in [0.25, 0.3) is 0 Å². The number of anilines is 2. The summed E-state index contributed by atoms with van der Waals surface area (Å²) in [7, 11) is 0. The highest BCUT2D eigenvalue weighted by atomic mass is 35.5. The van der Waals surface area contributed by atoms with Crippen molar-refractivity contribution < 1.29 is 0 Å². The van der Waals surface area contributed by atoms with E-state index in [1.807, 2.05) is 0 Å². The fourth-order valence-corrected chi connectivity index (χ4v) is 2.93. The number of nitrogen functional groups attached to an aromatic ring is 1. The van der Waals surface area contributed by atoms with Gasteiger partial charge in [0, 0.05) is 13.1 Å². The second kappa shape index (κ2) is 6.91. The van der Waals surface area contributed by atoms with Gasteiger partial charge in [0.1, 0.15) is 5.02 Å². The van der Waals surface area contributed by atoms with Crippen molar-refractivity contribution in [2.75, 3.05) is 23.4 Å². The number of nitrogens with one attached hydrogen (secondary N) is 1. The van der Waals surface area contributed by atoms with Gasteiger partial charge in [0.2, 0.25) is 5.95 Å². The maximum Gasteiger partial charge on any atom is 0.239 e. The summed E-state index contributed by atoms with van der Waals surface area (Å²) in [6, 6.07) is 0. The summed E-state index contributed by atoms with van der Waals surface area (Å²) in [6.45, 7) is 4.26. The van der Waals surface area contributed by atoms with E-state index in [1.54, 1.807) is 6.20 Å². The lowest BCUT2D eigenvalue weighted by Gasteiger charge is -2.22. The SMILES string of the molecule is CCCC1CCCN(c2nc(NN)ncc2Cl)CC1. The van der Waals surface area contributed by atoms with Crippen LogP contribution in [0, 0.1) is 5.92 Å². The van der Waals surface area contributed by atoms with Crippen molar-refractivity contribution in [1.82, 2.24) is 9.97 Å². The van der Waals surface area contributed by atoms with Gasteiger partial charge in [0.15, 0.2) is 5.82 Å². The molecule has 0 amide bonds. The topological polar surface area (TPSA) is 67.1 Å². The molecular formula is C13H22ClN5. The number of nitrogens with two attached hydrogens (primary N) is 1. The van der Waals surface area contributed by atoms with E-state index in [9.17, 15) is 0 Å². The molecule has 3 N–H and O–H groups in total. The van der Waals surface area contributed by atoms with Crippen molar-refractivity contribution in [3.05, 3.63) is 11.2 Å². The summed E-state index contributed by atoms with van der Waals surface area (Å²) in [5.74, 6) is 7.39. The quantitative estimate of drug-likeness (QED) is 0.657. The third-order valence-corrected chi connectivity index (χ3v) is 3.97. The van der Waals surface area contributed by atoms with E-state index in [1.165, 1.54) is 32.1 Å². The third-order valence-electron chi connectivity index (χ3n) is 3.70. The highest BCUT2D eigenvalue weighted by Crippen LogP contribution is 2.28. The van der Waals surface area contributed by atoms with Crippen LogP contribution in [0.2, 0.25) is 5.02 Å². The number of nitrogens with zero attached hydrogens (tertiary/aromatic N) is 3. The monoisotopic (exact) mass is 283 g/mol. The Labute approximate surface area is 119 Å². The van der Waals surface area contributed by atoms with Gasteiger partial charge in [-0.25, -0.2) is 10.8 Å². The van der Waals surface area contributed by atoms with E-state index in [0.717, 1.165) is 24.8 Å². The molecule has 0 aliphatic carbocycles. The first kappa shape index (κ1) is 14.3. The summed E-state index contributed by atoms with van der Waals surface area (Å²) in [5.41, 5.74) is 2.47. The Morgan fingerprint density at radius 1 is 1.47 bits per heavy atom. The molecule has 1 atom stereocenters. The van der Waals surface area contributed by atoms with E-state index in [0.29, 0.717) is 11.0 Å². The van der Waals surface area contributed by atoms with Gasteiger partial charge in [-0.2, -0.15) is 4.98 Å². The number of hydrogen-bond acceptors (Lipinski definition) is 5. The molecule has 1 aliphatic rings. The van der Waals surface area contributed by atoms with Gasteiger partial charge in [0.05, 0.1) is 6.20 Å². The van der Waals surface area contributed by atoms with Crippen molar-refractivity contribution >= 4 is 23.4 Å². The molecular weight excluding hydrogens is 262 g/mol. The average molecular weight is 284 g/mol. The summed E-state index contributed by atoms with van der Waals surface area (Å²) >= 11 is 6.20. The minimum Gasteiger partial charge on any atom is -0.355 e. The fraction of sp³-hybridized carbons (Fsp3) is 0.692. The standard InChI is InChI=1S/C13H22ClN5/c1-2-4-10-5-3-7-19(8-6-10)12-11(14)9-16-13(17-12)18-15/h9-10H,2-8,15H2,1H3,(H,16,17,18). The minimum absolute atomic E-state index is 0.411. The number of hydrazine groups is 1. The van der Waals surface area contributed by atoms with Crippen LogP contribution in [0.4, 0.5) is 11.8 Å². The Morgan fingerprint density at radius 3 is 3.05 bits per heavy atom. The smallest absolute Gasteiger partial charge is 0.239 e. The Hall–Kier alpha value is -1.07. The van der Waals surface area contributed by atoms with Crippen LogP contribution in [0.1, 0.15) is 39.0 Å². The first-order valence-corrected chi connectivity index (χ1v) is 7.36.